The molecule has 1 aliphatic rings. The summed E-state index contributed by atoms with van der Waals surface area (Å²) in [6, 6.07) is 10.2. The molecule has 0 unspecified atom stereocenters. The number of likely N-dealkylation sites (tertiary alicyclic amines) is 1. The van der Waals surface area contributed by atoms with Gasteiger partial charge in [0.25, 0.3) is 0 Å². The zero-order valence-corrected chi connectivity index (χ0v) is 16.1. The van der Waals surface area contributed by atoms with E-state index in [1.165, 1.54) is 5.56 Å². The number of amides is 1. The number of hydrogen-bond acceptors (Lipinski definition) is 4. The van der Waals surface area contributed by atoms with E-state index in [2.05, 4.69) is 17.0 Å². The number of carboxylic acids is 1. The first kappa shape index (κ1) is 20.4. The van der Waals surface area contributed by atoms with E-state index in [1.807, 2.05) is 49.0 Å². The molecule has 2 atom stereocenters. The standard InChI is InChI=1S/C20H31N3O3/c1-16(21(2)14-17-8-5-4-6-9-17)20(26)23-12-7-10-18(11-13-23)22(3)15-19(24)25/h4-6,8-9,16,18H,7,10-15H2,1-3H3,(H,24,25)/t16-,18-/m0/s1. The van der Waals surface area contributed by atoms with Crippen LogP contribution in [0.5, 0.6) is 0 Å². The van der Waals surface area contributed by atoms with Crippen LogP contribution in [-0.4, -0.2) is 77.5 Å². The molecule has 1 aliphatic heterocycles. The zero-order chi connectivity index (χ0) is 19.1. The molecule has 1 aromatic rings. The molecule has 0 saturated carbocycles. The van der Waals surface area contributed by atoms with Gasteiger partial charge in [0.2, 0.25) is 5.91 Å². The molecule has 1 N–H and O–H groups in total. The average molecular weight is 361 g/mol. The fraction of sp³-hybridized carbons (Fsp3) is 0.600. The van der Waals surface area contributed by atoms with Crippen LogP contribution in [0.2, 0.25) is 0 Å². The Morgan fingerprint density at radius 3 is 2.54 bits per heavy atom. The van der Waals surface area contributed by atoms with E-state index in [4.69, 9.17) is 5.11 Å². The van der Waals surface area contributed by atoms with Gasteiger partial charge in [-0.25, -0.2) is 0 Å². The molecule has 0 spiro atoms. The quantitative estimate of drug-likeness (QED) is 0.804. The van der Waals surface area contributed by atoms with Gasteiger partial charge in [0.1, 0.15) is 0 Å². The molecule has 2 rings (SSSR count). The Morgan fingerprint density at radius 2 is 1.88 bits per heavy atom. The Morgan fingerprint density at radius 1 is 1.19 bits per heavy atom. The lowest BCUT2D eigenvalue weighted by Gasteiger charge is -2.30. The largest absolute Gasteiger partial charge is 0.480 e. The van der Waals surface area contributed by atoms with Gasteiger partial charge in [-0.1, -0.05) is 30.3 Å². The Labute approximate surface area is 156 Å². The first-order valence-electron chi connectivity index (χ1n) is 9.33. The summed E-state index contributed by atoms with van der Waals surface area (Å²) in [6.07, 6.45) is 2.67. The molecular weight excluding hydrogens is 330 g/mol. The Hall–Kier alpha value is -1.92. The summed E-state index contributed by atoms with van der Waals surface area (Å²) in [5.74, 6) is -0.647. The number of aliphatic carboxylic acids is 1. The van der Waals surface area contributed by atoms with Crippen LogP contribution < -0.4 is 0 Å². The minimum absolute atomic E-state index is 0.0504. The minimum Gasteiger partial charge on any atom is -0.480 e. The summed E-state index contributed by atoms with van der Waals surface area (Å²) in [5.41, 5.74) is 1.20. The Balaban J connectivity index is 1.89. The van der Waals surface area contributed by atoms with Crippen LogP contribution in [0.15, 0.2) is 30.3 Å². The van der Waals surface area contributed by atoms with Crippen molar-refractivity contribution in [2.45, 2.75) is 44.8 Å². The van der Waals surface area contributed by atoms with Crippen molar-refractivity contribution in [1.82, 2.24) is 14.7 Å². The fourth-order valence-electron chi connectivity index (χ4n) is 3.54. The molecule has 1 amide bonds. The molecule has 1 fully saturated rings. The predicted molar refractivity (Wildman–Crippen MR) is 102 cm³/mol. The zero-order valence-electron chi connectivity index (χ0n) is 16.1. The second-order valence-corrected chi connectivity index (χ2v) is 7.30. The first-order chi connectivity index (χ1) is 12.4. The lowest BCUT2D eigenvalue weighted by atomic mass is 10.1. The van der Waals surface area contributed by atoms with Gasteiger partial charge >= 0.3 is 5.97 Å². The third kappa shape index (κ3) is 5.81. The van der Waals surface area contributed by atoms with Crippen LogP contribution >= 0.6 is 0 Å². The maximum absolute atomic E-state index is 12.9. The van der Waals surface area contributed by atoms with Gasteiger partial charge in [-0.05, 0) is 45.8 Å². The fourth-order valence-corrected chi connectivity index (χ4v) is 3.54. The van der Waals surface area contributed by atoms with E-state index >= 15 is 0 Å². The van der Waals surface area contributed by atoms with Gasteiger partial charge in [-0.2, -0.15) is 0 Å². The predicted octanol–water partition coefficient (Wildman–Crippen LogP) is 1.90. The molecule has 144 valence electrons. The van der Waals surface area contributed by atoms with Gasteiger partial charge in [0.15, 0.2) is 0 Å². The Kier molecular flexibility index (Phi) is 7.60. The van der Waals surface area contributed by atoms with Crippen LogP contribution in [0.25, 0.3) is 0 Å². The number of carboxylic acid groups (broad SMARTS) is 1. The maximum atomic E-state index is 12.9. The normalized spacial score (nSPS) is 19.4. The molecule has 0 bridgehead atoms. The van der Waals surface area contributed by atoms with Crippen molar-refractivity contribution in [3.63, 3.8) is 0 Å². The number of rotatable bonds is 7. The van der Waals surface area contributed by atoms with E-state index in [1.54, 1.807) is 0 Å². The van der Waals surface area contributed by atoms with E-state index < -0.39 is 5.97 Å². The molecule has 6 heteroatoms. The highest BCUT2D eigenvalue weighted by molar-refractivity contribution is 5.81. The monoisotopic (exact) mass is 361 g/mol. The van der Waals surface area contributed by atoms with Crippen molar-refractivity contribution < 1.29 is 14.7 Å². The van der Waals surface area contributed by atoms with Crippen molar-refractivity contribution in [3.8, 4) is 0 Å². The SMILES string of the molecule is C[C@@H](C(=O)N1CCC[C@H](N(C)CC(=O)O)CC1)N(C)Cc1ccccc1. The van der Waals surface area contributed by atoms with E-state index in [0.717, 1.165) is 32.4 Å². The van der Waals surface area contributed by atoms with Crippen LogP contribution in [0, 0.1) is 0 Å². The highest BCUT2D eigenvalue weighted by Gasteiger charge is 2.28. The molecule has 6 nitrogen and oxygen atoms in total. The summed E-state index contributed by atoms with van der Waals surface area (Å²) in [6.45, 7) is 4.20. The van der Waals surface area contributed by atoms with Gasteiger partial charge in [-0.15, -0.1) is 0 Å². The topological polar surface area (TPSA) is 64.1 Å². The highest BCUT2D eigenvalue weighted by Crippen LogP contribution is 2.17. The number of nitrogens with zero attached hydrogens (tertiary/aromatic N) is 3. The number of hydrogen-bond donors (Lipinski definition) is 1. The summed E-state index contributed by atoms with van der Waals surface area (Å²) < 4.78 is 0. The lowest BCUT2D eigenvalue weighted by molar-refractivity contribution is -0.139. The number of likely N-dealkylation sites (N-methyl/N-ethyl adjacent to an activating group) is 2. The van der Waals surface area contributed by atoms with Crippen LogP contribution in [0.1, 0.15) is 31.7 Å². The molecule has 26 heavy (non-hydrogen) atoms. The van der Waals surface area contributed by atoms with E-state index in [-0.39, 0.29) is 24.5 Å². The van der Waals surface area contributed by atoms with Crippen LogP contribution in [0.3, 0.4) is 0 Å². The molecule has 1 aromatic carbocycles. The molecule has 0 aromatic heterocycles. The molecule has 0 aliphatic carbocycles. The summed E-state index contributed by atoms with van der Waals surface area (Å²) in [5, 5.41) is 8.97. The molecular formula is C20H31N3O3. The van der Waals surface area contributed by atoms with Crippen LogP contribution in [-0.2, 0) is 16.1 Å². The van der Waals surface area contributed by atoms with Crippen molar-refractivity contribution in [3.05, 3.63) is 35.9 Å². The van der Waals surface area contributed by atoms with Crippen molar-refractivity contribution in [1.29, 1.82) is 0 Å². The van der Waals surface area contributed by atoms with E-state index in [0.29, 0.717) is 6.54 Å². The number of benzene rings is 1. The van der Waals surface area contributed by atoms with Gasteiger partial charge in [0, 0.05) is 25.7 Å². The smallest absolute Gasteiger partial charge is 0.317 e. The summed E-state index contributed by atoms with van der Waals surface area (Å²) >= 11 is 0. The minimum atomic E-state index is -0.805. The summed E-state index contributed by atoms with van der Waals surface area (Å²) in [4.78, 5) is 29.7. The second kappa shape index (κ2) is 9.69. The number of carbonyl (C=O) groups excluding carboxylic acids is 1. The third-order valence-electron chi connectivity index (χ3n) is 5.31. The van der Waals surface area contributed by atoms with E-state index in [9.17, 15) is 9.59 Å². The highest BCUT2D eigenvalue weighted by atomic mass is 16.4. The molecule has 1 heterocycles. The summed E-state index contributed by atoms with van der Waals surface area (Å²) in [7, 11) is 3.84. The maximum Gasteiger partial charge on any atom is 0.317 e. The first-order valence-corrected chi connectivity index (χ1v) is 9.33. The van der Waals surface area contributed by atoms with Gasteiger partial charge in [-0.3, -0.25) is 19.4 Å². The van der Waals surface area contributed by atoms with Crippen LogP contribution in [0.4, 0.5) is 0 Å². The second-order valence-electron chi connectivity index (χ2n) is 7.30. The Bertz CT molecular complexity index is 593. The molecule has 0 radical (unpaired) electrons. The third-order valence-corrected chi connectivity index (χ3v) is 5.31. The van der Waals surface area contributed by atoms with Gasteiger partial charge < -0.3 is 10.0 Å². The number of carbonyl (C=O) groups is 2. The molecule has 1 saturated heterocycles. The van der Waals surface area contributed by atoms with Crippen molar-refractivity contribution in [2.24, 2.45) is 0 Å². The van der Waals surface area contributed by atoms with Crippen molar-refractivity contribution in [2.75, 3.05) is 33.7 Å². The van der Waals surface area contributed by atoms with Crippen molar-refractivity contribution >= 4 is 11.9 Å². The van der Waals surface area contributed by atoms with Gasteiger partial charge in [0.05, 0.1) is 12.6 Å². The lowest BCUT2D eigenvalue weighted by Crippen LogP contribution is -2.46. The average Bonchev–Trinajstić information content (AvgIpc) is 2.87.